The lowest BCUT2D eigenvalue weighted by Crippen LogP contribution is -1.93. The van der Waals surface area contributed by atoms with Gasteiger partial charge in [0.2, 0.25) is 0 Å². The number of methoxy groups -OCH3 is 1. The molecule has 0 aliphatic heterocycles. The van der Waals surface area contributed by atoms with E-state index in [1.807, 2.05) is 41.0 Å². The van der Waals surface area contributed by atoms with Crippen molar-refractivity contribution in [1.29, 1.82) is 0 Å². The van der Waals surface area contributed by atoms with Crippen LogP contribution in [0.15, 0.2) is 35.7 Å². The zero-order valence-corrected chi connectivity index (χ0v) is 12.9. The van der Waals surface area contributed by atoms with Crippen molar-refractivity contribution in [2.45, 2.75) is 6.92 Å². The SMILES string of the molecule is COc1ccccc1-c1nc2scc(C)n2c1/C=C/C(=O)O. The summed E-state index contributed by atoms with van der Waals surface area (Å²) < 4.78 is 7.35. The Hall–Kier alpha value is -2.60. The van der Waals surface area contributed by atoms with Crippen LogP contribution >= 0.6 is 11.3 Å². The number of carbonyl (C=O) groups is 1. The molecule has 112 valence electrons. The quantitative estimate of drug-likeness (QED) is 0.749. The van der Waals surface area contributed by atoms with Crippen molar-refractivity contribution >= 4 is 28.3 Å². The molecule has 0 saturated carbocycles. The van der Waals surface area contributed by atoms with Crippen LogP contribution in [0.5, 0.6) is 5.75 Å². The maximum absolute atomic E-state index is 10.9. The topological polar surface area (TPSA) is 63.8 Å². The van der Waals surface area contributed by atoms with E-state index in [0.717, 1.165) is 28.0 Å². The van der Waals surface area contributed by atoms with Crippen LogP contribution < -0.4 is 4.74 Å². The van der Waals surface area contributed by atoms with Crippen molar-refractivity contribution in [2.75, 3.05) is 7.11 Å². The molecule has 0 aliphatic rings. The molecule has 0 atom stereocenters. The van der Waals surface area contributed by atoms with Gasteiger partial charge in [-0.25, -0.2) is 9.78 Å². The van der Waals surface area contributed by atoms with Crippen molar-refractivity contribution in [2.24, 2.45) is 0 Å². The van der Waals surface area contributed by atoms with Crippen LogP contribution in [-0.4, -0.2) is 27.6 Å². The monoisotopic (exact) mass is 314 g/mol. The molecule has 3 aromatic rings. The third kappa shape index (κ3) is 2.37. The molecule has 1 aromatic carbocycles. The van der Waals surface area contributed by atoms with Crippen molar-refractivity contribution in [3.63, 3.8) is 0 Å². The number of carboxylic acid groups (broad SMARTS) is 1. The fraction of sp³-hybridized carbons (Fsp3) is 0.125. The molecule has 5 nitrogen and oxygen atoms in total. The highest BCUT2D eigenvalue weighted by Crippen LogP contribution is 2.34. The van der Waals surface area contributed by atoms with Gasteiger partial charge in [0.15, 0.2) is 4.96 Å². The summed E-state index contributed by atoms with van der Waals surface area (Å²) in [5, 5.41) is 10.9. The van der Waals surface area contributed by atoms with Gasteiger partial charge in [0.05, 0.1) is 12.8 Å². The first-order chi connectivity index (χ1) is 10.6. The van der Waals surface area contributed by atoms with Gasteiger partial charge in [-0.15, -0.1) is 11.3 Å². The molecule has 2 heterocycles. The second-order valence-electron chi connectivity index (χ2n) is 4.71. The van der Waals surface area contributed by atoms with E-state index in [2.05, 4.69) is 4.98 Å². The number of carboxylic acids is 1. The van der Waals surface area contributed by atoms with Crippen LogP contribution in [0.3, 0.4) is 0 Å². The van der Waals surface area contributed by atoms with Gasteiger partial charge in [0, 0.05) is 22.7 Å². The number of aromatic nitrogens is 2. The molecule has 0 spiro atoms. The number of imidazole rings is 1. The van der Waals surface area contributed by atoms with Gasteiger partial charge in [-0.2, -0.15) is 0 Å². The molecular weight excluding hydrogens is 300 g/mol. The number of fused-ring (bicyclic) bond motifs is 1. The molecule has 1 N–H and O–H groups in total. The van der Waals surface area contributed by atoms with Gasteiger partial charge in [0.1, 0.15) is 11.4 Å². The van der Waals surface area contributed by atoms with Crippen LogP contribution in [0.2, 0.25) is 0 Å². The first-order valence-electron chi connectivity index (χ1n) is 6.62. The normalized spacial score (nSPS) is 11.4. The number of aliphatic carboxylic acids is 1. The van der Waals surface area contributed by atoms with Crippen LogP contribution in [0.4, 0.5) is 0 Å². The van der Waals surface area contributed by atoms with Gasteiger partial charge >= 0.3 is 5.97 Å². The molecule has 0 amide bonds. The Kier molecular flexibility index (Phi) is 3.68. The van der Waals surface area contributed by atoms with Crippen LogP contribution in [0, 0.1) is 6.92 Å². The Balaban J connectivity index is 2.29. The average Bonchev–Trinajstić information content (AvgIpc) is 3.05. The second-order valence-corrected chi connectivity index (χ2v) is 5.55. The van der Waals surface area contributed by atoms with Gasteiger partial charge in [-0.05, 0) is 25.1 Å². The minimum Gasteiger partial charge on any atom is -0.496 e. The fourth-order valence-corrected chi connectivity index (χ4v) is 3.24. The summed E-state index contributed by atoms with van der Waals surface area (Å²) in [6.07, 6.45) is 2.70. The number of ether oxygens (including phenoxy) is 1. The summed E-state index contributed by atoms with van der Waals surface area (Å²) in [6, 6.07) is 7.57. The third-order valence-electron chi connectivity index (χ3n) is 3.32. The standard InChI is InChI=1S/C16H14N2O3S/c1-10-9-22-16-17-15(11-5-3-4-6-13(11)21-2)12(18(10)16)7-8-14(19)20/h3-9H,1-2H3,(H,19,20)/b8-7+. The minimum absolute atomic E-state index is 0.705. The minimum atomic E-state index is -0.992. The zero-order valence-electron chi connectivity index (χ0n) is 12.1. The first-order valence-corrected chi connectivity index (χ1v) is 7.50. The predicted molar refractivity (Wildman–Crippen MR) is 86.5 cm³/mol. The van der Waals surface area contributed by atoms with E-state index in [0.29, 0.717) is 11.4 Å². The molecule has 22 heavy (non-hydrogen) atoms. The molecule has 0 fully saturated rings. The molecule has 3 rings (SSSR count). The Morgan fingerprint density at radius 3 is 2.91 bits per heavy atom. The highest BCUT2D eigenvalue weighted by atomic mass is 32.1. The van der Waals surface area contributed by atoms with E-state index in [9.17, 15) is 4.79 Å². The van der Waals surface area contributed by atoms with Crippen LogP contribution in [-0.2, 0) is 4.79 Å². The van der Waals surface area contributed by atoms with Crippen molar-refractivity contribution in [1.82, 2.24) is 9.38 Å². The summed E-state index contributed by atoms with van der Waals surface area (Å²) in [4.78, 5) is 16.4. The van der Waals surface area contributed by atoms with E-state index in [1.54, 1.807) is 13.2 Å². The largest absolute Gasteiger partial charge is 0.496 e. The lowest BCUT2D eigenvalue weighted by molar-refractivity contribution is -0.131. The lowest BCUT2D eigenvalue weighted by Gasteiger charge is -2.07. The van der Waals surface area contributed by atoms with Crippen molar-refractivity contribution in [3.05, 3.63) is 47.1 Å². The number of hydrogen-bond acceptors (Lipinski definition) is 4. The van der Waals surface area contributed by atoms with Crippen LogP contribution in [0.1, 0.15) is 11.4 Å². The van der Waals surface area contributed by atoms with Gasteiger partial charge in [0.25, 0.3) is 0 Å². The highest BCUT2D eigenvalue weighted by Gasteiger charge is 2.17. The third-order valence-corrected chi connectivity index (χ3v) is 4.26. The number of benzene rings is 1. The van der Waals surface area contributed by atoms with E-state index in [4.69, 9.17) is 9.84 Å². The first kappa shape index (κ1) is 14.3. The van der Waals surface area contributed by atoms with E-state index in [1.165, 1.54) is 11.3 Å². The number of nitrogens with zero attached hydrogens (tertiary/aromatic N) is 2. The van der Waals surface area contributed by atoms with Gasteiger partial charge in [-0.1, -0.05) is 12.1 Å². The van der Waals surface area contributed by atoms with E-state index >= 15 is 0 Å². The number of aryl methyl sites for hydroxylation is 1. The molecular formula is C16H14N2O3S. The number of thiazole rings is 1. The Morgan fingerprint density at radius 1 is 1.41 bits per heavy atom. The smallest absolute Gasteiger partial charge is 0.328 e. The molecule has 2 aromatic heterocycles. The Bertz CT molecular complexity index is 877. The van der Waals surface area contributed by atoms with Crippen LogP contribution in [0.25, 0.3) is 22.3 Å². The second kappa shape index (κ2) is 5.65. The summed E-state index contributed by atoms with van der Waals surface area (Å²) in [6.45, 7) is 1.97. The molecule has 0 aliphatic carbocycles. The molecule has 0 radical (unpaired) electrons. The van der Waals surface area contributed by atoms with E-state index in [-0.39, 0.29) is 0 Å². The van der Waals surface area contributed by atoms with E-state index < -0.39 is 5.97 Å². The van der Waals surface area contributed by atoms with Crippen molar-refractivity contribution < 1.29 is 14.6 Å². The molecule has 0 saturated heterocycles. The Morgan fingerprint density at radius 2 is 2.18 bits per heavy atom. The molecule has 0 bridgehead atoms. The maximum atomic E-state index is 10.9. The predicted octanol–water partition coefficient (Wildman–Crippen LogP) is 3.48. The average molecular weight is 314 g/mol. The summed E-state index contributed by atoms with van der Waals surface area (Å²) in [5.74, 6) is -0.287. The number of para-hydroxylation sites is 1. The number of hydrogen-bond donors (Lipinski definition) is 1. The van der Waals surface area contributed by atoms with Gasteiger partial charge in [-0.3, -0.25) is 4.40 Å². The lowest BCUT2D eigenvalue weighted by atomic mass is 10.1. The Labute approximate surface area is 131 Å². The maximum Gasteiger partial charge on any atom is 0.328 e. The molecule has 0 unspecified atom stereocenters. The van der Waals surface area contributed by atoms with Crippen molar-refractivity contribution in [3.8, 4) is 17.0 Å². The van der Waals surface area contributed by atoms with Gasteiger partial charge < -0.3 is 9.84 Å². The molecule has 6 heteroatoms. The number of rotatable bonds is 4. The highest BCUT2D eigenvalue weighted by molar-refractivity contribution is 7.15. The fourth-order valence-electron chi connectivity index (χ4n) is 2.36. The zero-order chi connectivity index (χ0) is 15.7. The summed E-state index contributed by atoms with van der Waals surface area (Å²) in [5.41, 5.74) is 3.30. The summed E-state index contributed by atoms with van der Waals surface area (Å²) in [7, 11) is 1.61. The summed E-state index contributed by atoms with van der Waals surface area (Å²) >= 11 is 1.52.